The number of aromatic nitrogens is 3. The van der Waals surface area contributed by atoms with Gasteiger partial charge in [0.25, 0.3) is 0 Å². The van der Waals surface area contributed by atoms with Gasteiger partial charge in [-0.05, 0) is 36.2 Å². The number of carbonyl (C=O) groups is 1. The highest BCUT2D eigenvalue weighted by Gasteiger charge is 2.23. The molecule has 0 spiro atoms. The normalized spacial score (nSPS) is 15.4. The van der Waals surface area contributed by atoms with Crippen LogP contribution < -0.4 is 10.1 Å². The van der Waals surface area contributed by atoms with Gasteiger partial charge in [-0.25, -0.2) is 0 Å². The number of carbonyl (C=O) groups excluding carboxylic acids is 1. The van der Waals surface area contributed by atoms with Crippen LogP contribution in [0.25, 0.3) is 5.69 Å². The lowest BCUT2D eigenvalue weighted by Gasteiger charge is -2.26. The Morgan fingerprint density at radius 1 is 1.34 bits per heavy atom. The number of aryl methyl sites for hydroxylation is 1. The van der Waals surface area contributed by atoms with Crippen LogP contribution in [0.3, 0.4) is 0 Å². The molecule has 0 saturated heterocycles. The summed E-state index contributed by atoms with van der Waals surface area (Å²) in [5, 5.41) is 12.1. The van der Waals surface area contributed by atoms with E-state index in [0.717, 1.165) is 34.3 Å². The van der Waals surface area contributed by atoms with Crippen molar-refractivity contribution in [3.05, 3.63) is 64.4 Å². The molecule has 0 fully saturated rings. The van der Waals surface area contributed by atoms with Crippen molar-refractivity contribution in [1.82, 2.24) is 20.1 Å². The fourth-order valence-electron chi connectivity index (χ4n) is 3.41. The van der Waals surface area contributed by atoms with Crippen LogP contribution in [-0.4, -0.2) is 33.0 Å². The Labute approximate surface area is 182 Å². The number of hydrogen-bond acceptors (Lipinski definition) is 5. The molecule has 1 atom stereocenters. The van der Waals surface area contributed by atoms with Crippen LogP contribution in [0.1, 0.15) is 30.5 Å². The maximum Gasteiger partial charge on any atom is 0.230 e. The number of thioether (sulfide) groups is 1. The molecule has 1 unspecified atom stereocenters. The van der Waals surface area contributed by atoms with Gasteiger partial charge < -0.3 is 10.1 Å². The van der Waals surface area contributed by atoms with Crippen molar-refractivity contribution in [2.24, 2.45) is 0 Å². The highest BCUT2D eigenvalue weighted by molar-refractivity contribution is 9.10. The van der Waals surface area contributed by atoms with Crippen LogP contribution in [0, 0.1) is 0 Å². The summed E-state index contributed by atoms with van der Waals surface area (Å²) in [7, 11) is 0. The minimum Gasteiger partial charge on any atom is -0.493 e. The van der Waals surface area contributed by atoms with Crippen molar-refractivity contribution in [2.75, 3.05) is 12.4 Å². The molecule has 0 aliphatic carbocycles. The summed E-state index contributed by atoms with van der Waals surface area (Å²) in [6.07, 6.45) is 3.36. The second-order valence-electron chi connectivity index (χ2n) is 6.69. The lowest BCUT2D eigenvalue weighted by Crippen LogP contribution is -2.33. The van der Waals surface area contributed by atoms with E-state index in [2.05, 4.69) is 44.4 Å². The molecule has 0 saturated carbocycles. The zero-order valence-electron chi connectivity index (χ0n) is 16.0. The quantitative estimate of drug-likeness (QED) is 0.540. The Balaban J connectivity index is 1.43. The minimum absolute atomic E-state index is 0.0360. The molecule has 3 aromatic rings. The first-order valence-electron chi connectivity index (χ1n) is 9.48. The summed E-state index contributed by atoms with van der Waals surface area (Å²) in [5.41, 5.74) is 3.26. The van der Waals surface area contributed by atoms with Crippen LogP contribution in [0.15, 0.2) is 58.4 Å². The number of hydrogen-bond donors (Lipinski definition) is 1. The molecular weight excluding hydrogens is 452 g/mol. The lowest BCUT2D eigenvalue weighted by molar-refractivity contribution is -0.119. The highest BCUT2D eigenvalue weighted by atomic mass is 79.9. The average molecular weight is 473 g/mol. The van der Waals surface area contributed by atoms with Gasteiger partial charge in [0.2, 0.25) is 5.91 Å². The van der Waals surface area contributed by atoms with Crippen LogP contribution >= 0.6 is 27.7 Å². The first-order chi connectivity index (χ1) is 14.2. The Kier molecular flexibility index (Phi) is 6.20. The molecular formula is C21H21BrN4O2S. The van der Waals surface area contributed by atoms with Gasteiger partial charge in [-0.15, -0.1) is 10.2 Å². The summed E-state index contributed by atoms with van der Waals surface area (Å²) in [5.74, 6) is 1.06. The molecule has 8 heteroatoms. The zero-order chi connectivity index (χ0) is 20.2. The molecule has 4 rings (SSSR count). The fraction of sp³-hybridized carbons (Fsp3) is 0.286. The third-order valence-electron chi connectivity index (χ3n) is 4.83. The van der Waals surface area contributed by atoms with Crippen molar-refractivity contribution < 1.29 is 9.53 Å². The number of amides is 1. The van der Waals surface area contributed by atoms with Gasteiger partial charge in [0, 0.05) is 16.5 Å². The number of ether oxygens (including phenoxy) is 1. The first kappa shape index (κ1) is 20.0. The summed E-state index contributed by atoms with van der Waals surface area (Å²) in [6, 6.07) is 14.0. The molecule has 2 heterocycles. The van der Waals surface area contributed by atoms with E-state index in [4.69, 9.17) is 4.74 Å². The van der Waals surface area contributed by atoms with Crippen LogP contribution in [-0.2, 0) is 11.2 Å². The minimum atomic E-state index is -0.0527. The van der Waals surface area contributed by atoms with E-state index in [1.807, 2.05) is 41.0 Å². The smallest absolute Gasteiger partial charge is 0.230 e. The number of fused-ring (bicyclic) bond motifs is 1. The van der Waals surface area contributed by atoms with E-state index in [-0.39, 0.29) is 17.7 Å². The monoisotopic (exact) mass is 472 g/mol. The van der Waals surface area contributed by atoms with E-state index < -0.39 is 0 Å². The van der Waals surface area contributed by atoms with Crippen molar-refractivity contribution in [3.8, 4) is 11.4 Å². The number of nitrogens with zero attached hydrogens (tertiary/aromatic N) is 3. The molecule has 29 heavy (non-hydrogen) atoms. The largest absolute Gasteiger partial charge is 0.493 e. The summed E-state index contributed by atoms with van der Waals surface area (Å²) < 4.78 is 8.61. The van der Waals surface area contributed by atoms with E-state index >= 15 is 0 Å². The summed E-state index contributed by atoms with van der Waals surface area (Å²) in [6.45, 7) is 2.71. The molecule has 1 aliphatic heterocycles. The molecule has 1 aromatic heterocycles. The molecule has 150 valence electrons. The predicted octanol–water partition coefficient (Wildman–Crippen LogP) is 4.32. The topological polar surface area (TPSA) is 69.0 Å². The van der Waals surface area contributed by atoms with Gasteiger partial charge in [-0.2, -0.15) is 0 Å². The number of para-hydroxylation sites is 1. The third-order valence-corrected chi connectivity index (χ3v) is 6.26. The molecule has 1 N–H and O–H groups in total. The average Bonchev–Trinajstić information content (AvgIpc) is 3.21. The second kappa shape index (κ2) is 9.00. The lowest BCUT2D eigenvalue weighted by atomic mass is 10.0. The third kappa shape index (κ3) is 4.48. The van der Waals surface area contributed by atoms with Crippen molar-refractivity contribution >= 4 is 33.6 Å². The van der Waals surface area contributed by atoms with E-state index in [1.54, 1.807) is 6.33 Å². The standard InChI is InChI=1S/C21H21BrN4O2S/c1-2-14-5-3-4-6-18(14)26-13-23-25-21(26)29-12-20(27)24-17-9-10-28-19-8-7-15(22)11-16(17)19/h3-8,11,13,17H,2,9-10,12H2,1H3,(H,24,27). The van der Waals surface area contributed by atoms with Gasteiger partial charge in [0.05, 0.1) is 24.1 Å². The van der Waals surface area contributed by atoms with Gasteiger partial charge in [0.15, 0.2) is 5.16 Å². The second-order valence-corrected chi connectivity index (χ2v) is 8.55. The van der Waals surface area contributed by atoms with Gasteiger partial charge in [-0.1, -0.05) is 52.8 Å². The molecule has 0 bridgehead atoms. The molecule has 2 aromatic carbocycles. The molecule has 1 aliphatic rings. The van der Waals surface area contributed by atoms with Crippen molar-refractivity contribution in [3.63, 3.8) is 0 Å². The van der Waals surface area contributed by atoms with Gasteiger partial charge >= 0.3 is 0 Å². The molecule has 0 radical (unpaired) electrons. The van der Waals surface area contributed by atoms with Crippen LogP contribution in [0.4, 0.5) is 0 Å². The van der Waals surface area contributed by atoms with Crippen LogP contribution in [0.5, 0.6) is 5.75 Å². The highest BCUT2D eigenvalue weighted by Crippen LogP contribution is 2.34. The number of halogens is 1. The summed E-state index contributed by atoms with van der Waals surface area (Å²) in [4.78, 5) is 12.6. The van der Waals surface area contributed by atoms with E-state index in [1.165, 1.54) is 17.3 Å². The number of benzene rings is 2. The fourth-order valence-corrected chi connectivity index (χ4v) is 4.53. The maximum absolute atomic E-state index is 12.6. The summed E-state index contributed by atoms with van der Waals surface area (Å²) >= 11 is 4.88. The van der Waals surface area contributed by atoms with Crippen molar-refractivity contribution in [2.45, 2.75) is 31.0 Å². The first-order valence-corrected chi connectivity index (χ1v) is 11.3. The molecule has 1 amide bonds. The maximum atomic E-state index is 12.6. The van der Waals surface area contributed by atoms with Gasteiger partial charge in [-0.3, -0.25) is 9.36 Å². The molecule has 6 nitrogen and oxygen atoms in total. The zero-order valence-corrected chi connectivity index (χ0v) is 18.4. The van der Waals surface area contributed by atoms with E-state index in [9.17, 15) is 4.79 Å². The number of rotatable bonds is 6. The van der Waals surface area contributed by atoms with Crippen LogP contribution in [0.2, 0.25) is 0 Å². The number of nitrogens with one attached hydrogen (secondary N) is 1. The Morgan fingerprint density at radius 2 is 2.21 bits per heavy atom. The Morgan fingerprint density at radius 3 is 3.07 bits per heavy atom. The predicted molar refractivity (Wildman–Crippen MR) is 117 cm³/mol. The Hall–Kier alpha value is -2.32. The van der Waals surface area contributed by atoms with E-state index in [0.29, 0.717) is 11.8 Å². The van der Waals surface area contributed by atoms with Crippen molar-refractivity contribution in [1.29, 1.82) is 0 Å². The van der Waals surface area contributed by atoms with Gasteiger partial charge in [0.1, 0.15) is 12.1 Å². The Bertz CT molecular complexity index is 1020. The SMILES string of the molecule is CCc1ccccc1-n1cnnc1SCC(=O)NC1CCOc2ccc(Br)cc21.